The van der Waals surface area contributed by atoms with Crippen LogP contribution < -0.4 is 5.32 Å². The molecule has 1 saturated heterocycles. The molecule has 2 unspecified atom stereocenters. The maximum absolute atomic E-state index is 3.50. The summed E-state index contributed by atoms with van der Waals surface area (Å²) in [6.45, 7) is 8.01. The largest absolute Gasteiger partial charge is 0.313 e. The maximum Gasteiger partial charge on any atom is 0.0332 e. The molecule has 2 rings (SSSR count). The second-order valence-corrected chi connectivity index (χ2v) is 6.80. The Labute approximate surface area is 130 Å². The van der Waals surface area contributed by atoms with Crippen LogP contribution in [-0.2, 0) is 0 Å². The number of piperazine rings is 1. The zero-order chi connectivity index (χ0) is 15.4. The van der Waals surface area contributed by atoms with Gasteiger partial charge in [0, 0.05) is 31.7 Å². The van der Waals surface area contributed by atoms with Crippen LogP contribution in [0.3, 0.4) is 0 Å². The zero-order valence-electron chi connectivity index (χ0n) is 14.3. The van der Waals surface area contributed by atoms with Crippen LogP contribution in [0.5, 0.6) is 0 Å². The molecular weight excluding hydrogens is 258 g/mol. The molecule has 1 fully saturated rings. The van der Waals surface area contributed by atoms with Crippen LogP contribution in [0.1, 0.15) is 43.4 Å². The van der Waals surface area contributed by atoms with Gasteiger partial charge in [0.05, 0.1) is 0 Å². The van der Waals surface area contributed by atoms with Gasteiger partial charge in [-0.25, -0.2) is 0 Å². The molecule has 0 saturated carbocycles. The van der Waals surface area contributed by atoms with E-state index < -0.39 is 0 Å². The number of hydrogen-bond acceptors (Lipinski definition) is 3. The molecule has 1 aromatic rings. The molecule has 1 aromatic carbocycles. The van der Waals surface area contributed by atoms with Crippen molar-refractivity contribution in [1.82, 2.24) is 15.1 Å². The molecule has 1 aliphatic rings. The van der Waals surface area contributed by atoms with Crippen molar-refractivity contribution in [1.29, 1.82) is 0 Å². The number of benzene rings is 1. The van der Waals surface area contributed by atoms with Crippen molar-refractivity contribution in [2.45, 2.75) is 38.3 Å². The first-order valence-corrected chi connectivity index (χ1v) is 8.17. The third-order valence-corrected chi connectivity index (χ3v) is 4.84. The van der Waals surface area contributed by atoms with Gasteiger partial charge in [0.2, 0.25) is 0 Å². The summed E-state index contributed by atoms with van der Waals surface area (Å²) in [5.74, 6) is 0.602. The smallest absolute Gasteiger partial charge is 0.0332 e. The lowest BCUT2D eigenvalue weighted by atomic mass is 9.94. The van der Waals surface area contributed by atoms with Gasteiger partial charge in [0.1, 0.15) is 0 Å². The van der Waals surface area contributed by atoms with Crippen LogP contribution in [0.15, 0.2) is 24.3 Å². The molecule has 0 spiro atoms. The molecule has 2 atom stereocenters. The molecule has 0 amide bonds. The first-order chi connectivity index (χ1) is 10.0. The van der Waals surface area contributed by atoms with Crippen molar-refractivity contribution in [2.75, 3.05) is 40.8 Å². The fraction of sp³-hybridized carbons (Fsp3) is 0.667. The Morgan fingerprint density at radius 1 is 1.10 bits per heavy atom. The van der Waals surface area contributed by atoms with E-state index in [1.807, 2.05) is 0 Å². The Balaban J connectivity index is 2.05. The Kier molecular flexibility index (Phi) is 5.80. The zero-order valence-corrected chi connectivity index (χ0v) is 14.3. The fourth-order valence-corrected chi connectivity index (χ4v) is 3.16. The molecule has 21 heavy (non-hydrogen) atoms. The van der Waals surface area contributed by atoms with E-state index in [1.54, 1.807) is 0 Å². The summed E-state index contributed by atoms with van der Waals surface area (Å²) in [5.41, 5.74) is 2.83. The van der Waals surface area contributed by atoms with E-state index in [-0.39, 0.29) is 0 Å². The van der Waals surface area contributed by atoms with E-state index in [0.29, 0.717) is 18.0 Å². The monoisotopic (exact) mass is 289 g/mol. The highest BCUT2D eigenvalue weighted by Gasteiger charge is 2.25. The van der Waals surface area contributed by atoms with Gasteiger partial charge in [-0.1, -0.05) is 38.1 Å². The third-order valence-electron chi connectivity index (χ3n) is 4.84. The van der Waals surface area contributed by atoms with Crippen molar-refractivity contribution in [2.24, 2.45) is 0 Å². The second-order valence-electron chi connectivity index (χ2n) is 6.80. The molecule has 3 heteroatoms. The summed E-state index contributed by atoms with van der Waals surface area (Å²) < 4.78 is 0. The predicted molar refractivity (Wildman–Crippen MR) is 90.9 cm³/mol. The molecule has 3 nitrogen and oxygen atoms in total. The average molecular weight is 289 g/mol. The average Bonchev–Trinajstić information content (AvgIpc) is 2.48. The molecule has 0 radical (unpaired) electrons. The van der Waals surface area contributed by atoms with Crippen molar-refractivity contribution < 1.29 is 0 Å². The summed E-state index contributed by atoms with van der Waals surface area (Å²) in [4.78, 5) is 4.95. The summed E-state index contributed by atoms with van der Waals surface area (Å²) in [7, 11) is 6.56. The predicted octanol–water partition coefficient (Wildman–Crippen LogP) is 2.71. The fourth-order valence-electron chi connectivity index (χ4n) is 3.16. The van der Waals surface area contributed by atoms with Gasteiger partial charge in [0.25, 0.3) is 0 Å². The lowest BCUT2D eigenvalue weighted by Crippen LogP contribution is -2.50. The second kappa shape index (κ2) is 7.39. The minimum atomic E-state index is 0.435. The minimum Gasteiger partial charge on any atom is -0.313 e. The molecule has 0 bridgehead atoms. The SMILES string of the molecule is CNC(CC1CN(C)CCN1C)c1ccc(C(C)C)cc1. The summed E-state index contributed by atoms with van der Waals surface area (Å²) >= 11 is 0. The first-order valence-electron chi connectivity index (χ1n) is 8.17. The number of rotatable bonds is 5. The molecule has 1 N–H and O–H groups in total. The highest BCUT2D eigenvalue weighted by molar-refractivity contribution is 5.27. The van der Waals surface area contributed by atoms with Gasteiger partial charge in [-0.05, 0) is 44.6 Å². The van der Waals surface area contributed by atoms with Crippen LogP contribution in [0.4, 0.5) is 0 Å². The lowest BCUT2D eigenvalue weighted by Gasteiger charge is -2.39. The number of likely N-dealkylation sites (N-methyl/N-ethyl adjacent to an activating group) is 2. The van der Waals surface area contributed by atoms with Gasteiger partial charge in [0.15, 0.2) is 0 Å². The Morgan fingerprint density at radius 3 is 2.29 bits per heavy atom. The van der Waals surface area contributed by atoms with Gasteiger partial charge in [-0.3, -0.25) is 0 Å². The van der Waals surface area contributed by atoms with Crippen LogP contribution in [-0.4, -0.2) is 56.6 Å². The third kappa shape index (κ3) is 4.29. The first kappa shape index (κ1) is 16.5. The quantitative estimate of drug-likeness (QED) is 0.899. The van der Waals surface area contributed by atoms with E-state index in [1.165, 1.54) is 37.2 Å². The highest BCUT2D eigenvalue weighted by Crippen LogP contribution is 2.24. The molecule has 118 valence electrons. The Morgan fingerprint density at radius 2 is 1.71 bits per heavy atom. The summed E-state index contributed by atoms with van der Waals surface area (Å²) in [5, 5.41) is 3.50. The molecule has 1 heterocycles. The number of nitrogens with one attached hydrogen (secondary N) is 1. The lowest BCUT2D eigenvalue weighted by molar-refractivity contribution is 0.102. The van der Waals surface area contributed by atoms with E-state index in [2.05, 4.69) is 74.4 Å². The van der Waals surface area contributed by atoms with E-state index in [0.717, 1.165) is 0 Å². The standard InChI is InChI=1S/C18H31N3/c1-14(2)15-6-8-16(9-7-15)18(19-3)12-17-13-20(4)10-11-21(17)5/h6-9,14,17-19H,10-13H2,1-5H3. The van der Waals surface area contributed by atoms with Crippen molar-refractivity contribution >= 4 is 0 Å². The van der Waals surface area contributed by atoms with E-state index in [9.17, 15) is 0 Å². The minimum absolute atomic E-state index is 0.435. The molecule has 0 aliphatic carbocycles. The topological polar surface area (TPSA) is 18.5 Å². The normalized spacial score (nSPS) is 22.7. The van der Waals surface area contributed by atoms with Crippen LogP contribution in [0, 0.1) is 0 Å². The number of nitrogens with zero attached hydrogens (tertiary/aromatic N) is 2. The van der Waals surface area contributed by atoms with Crippen LogP contribution >= 0.6 is 0 Å². The Hall–Kier alpha value is -0.900. The van der Waals surface area contributed by atoms with Crippen molar-refractivity contribution in [3.05, 3.63) is 35.4 Å². The summed E-state index contributed by atoms with van der Waals surface area (Å²) in [6, 6.07) is 10.2. The van der Waals surface area contributed by atoms with Crippen molar-refractivity contribution in [3.8, 4) is 0 Å². The van der Waals surface area contributed by atoms with Gasteiger partial charge in [-0.2, -0.15) is 0 Å². The van der Waals surface area contributed by atoms with Gasteiger partial charge < -0.3 is 15.1 Å². The van der Waals surface area contributed by atoms with Gasteiger partial charge in [-0.15, -0.1) is 0 Å². The van der Waals surface area contributed by atoms with Crippen molar-refractivity contribution in [3.63, 3.8) is 0 Å². The Bertz CT molecular complexity index is 427. The highest BCUT2D eigenvalue weighted by atomic mass is 15.3. The summed E-state index contributed by atoms with van der Waals surface area (Å²) in [6.07, 6.45) is 1.17. The van der Waals surface area contributed by atoms with Crippen LogP contribution in [0.2, 0.25) is 0 Å². The number of hydrogen-bond donors (Lipinski definition) is 1. The molecule has 0 aromatic heterocycles. The molecular formula is C18H31N3. The molecule has 1 aliphatic heterocycles. The van der Waals surface area contributed by atoms with Gasteiger partial charge >= 0.3 is 0 Å². The van der Waals surface area contributed by atoms with E-state index in [4.69, 9.17) is 0 Å². The van der Waals surface area contributed by atoms with Crippen LogP contribution in [0.25, 0.3) is 0 Å². The maximum atomic E-state index is 3.50. The van der Waals surface area contributed by atoms with E-state index >= 15 is 0 Å².